The van der Waals surface area contributed by atoms with Crippen molar-refractivity contribution in [1.82, 2.24) is 10.3 Å². The highest BCUT2D eigenvalue weighted by Crippen LogP contribution is 2.58. The quantitative estimate of drug-likeness (QED) is 0.777. The number of thiazole rings is 1. The minimum Gasteiger partial charge on any atom is -0.383 e. The Morgan fingerprint density at radius 3 is 2.68 bits per heavy atom. The van der Waals surface area contributed by atoms with Crippen molar-refractivity contribution in [2.24, 2.45) is 5.41 Å². The van der Waals surface area contributed by atoms with E-state index in [1.165, 1.54) is 23.5 Å². The first kappa shape index (κ1) is 14.9. The van der Waals surface area contributed by atoms with Crippen LogP contribution in [0.25, 0.3) is 0 Å². The highest BCUT2D eigenvalue weighted by atomic mass is 32.1. The van der Waals surface area contributed by atoms with Crippen LogP contribution in [0.2, 0.25) is 0 Å². The fourth-order valence-corrected chi connectivity index (χ4v) is 3.69. The fraction of sp³-hybridized carbons (Fsp3) is 0.800. The van der Waals surface area contributed by atoms with E-state index in [1.807, 2.05) is 0 Å². The van der Waals surface area contributed by atoms with E-state index in [0.29, 0.717) is 11.3 Å². The van der Waals surface area contributed by atoms with Gasteiger partial charge in [-0.25, -0.2) is 4.98 Å². The summed E-state index contributed by atoms with van der Waals surface area (Å²) < 4.78 is 5.17. The van der Waals surface area contributed by atoms with Crippen molar-refractivity contribution in [2.75, 3.05) is 20.3 Å². The molecule has 3 nitrogen and oxygen atoms in total. The van der Waals surface area contributed by atoms with Crippen LogP contribution < -0.4 is 5.32 Å². The largest absolute Gasteiger partial charge is 0.383 e. The third-order valence-electron chi connectivity index (χ3n) is 4.53. The highest BCUT2D eigenvalue weighted by Gasteiger charge is 2.55. The van der Waals surface area contributed by atoms with E-state index in [4.69, 9.17) is 9.72 Å². The third-order valence-corrected chi connectivity index (χ3v) is 5.62. The number of methoxy groups -OCH3 is 1. The summed E-state index contributed by atoms with van der Waals surface area (Å²) in [5.41, 5.74) is 1.53. The summed E-state index contributed by atoms with van der Waals surface area (Å²) in [7, 11) is 1.75. The van der Waals surface area contributed by atoms with Gasteiger partial charge in [-0.3, -0.25) is 0 Å². The minimum absolute atomic E-state index is 0.0245. The topological polar surface area (TPSA) is 34.1 Å². The Balaban J connectivity index is 2.21. The molecule has 1 aliphatic carbocycles. The van der Waals surface area contributed by atoms with Gasteiger partial charge in [0.25, 0.3) is 0 Å². The Hall–Kier alpha value is -0.450. The molecule has 1 N–H and O–H groups in total. The van der Waals surface area contributed by atoms with Crippen LogP contribution in [0.3, 0.4) is 0 Å². The molecule has 0 radical (unpaired) electrons. The number of ether oxygens (including phenoxy) is 1. The maximum absolute atomic E-state index is 5.17. The molecule has 1 saturated carbocycles. The van der Waals surface area contributed by atoms with Crippen molar-refractivity contribution in [2.45, 2.75) is 52.0 Å². The molecule has 1 fully saturated rings. The van der Waals surface area contributed by atoms with Gasteiger partial charge in [-0.1, -0.05) is 20.8 Å². The van der Waals surface area contributed by atoms with Gasteiger partial charge in [0.05, 0.1) is 17.8 Å². The molecule has 1 heterocycles. The summed E-state index contributed by atoms with van der Waals surface area (Å²) >= 11 is 1.80. The number of rotatable bonds is 7. The third kappa shape index (κ3) is 2.86. The molecule has 1 atom stereocenters. The number of hydrogen-bond donors (Lipinski definition) is 1. The number of hydrogen-bond acceptors (Lipinski definition) is 4. The molecule has 4 heteroatoms. The average Bonchev–Trinajstić information content (AvgIpc) is 2.95. The maximum atomic E-state index is 5.17. The predicted octanol–water partition coefficient (Wildman–Crippen LogP) is 3.52. The van der Waals surface area contributed by atoms with Crippen LogP contribution in [0, 0.1) is 5.41 Å². The molecule has 0 aromatic carbocycles. The molecule has 1 aromatic heterocycles. The first-order valence-corrected chi connectivity index (χ1v) is 8.01. The summed E-state index contributed by atoms with van der Waals surface area (Å²) in [5, 5.41) is 7.13. The van der Waals surface area contributed by atoms with Gasteiger partial charge in [-0.05, 0) is 31.1 Å². The van der Waals surface area contributed by atoms with Gasteiger partial charge in [0, 0.05) is 19.0 Å². The highest BCUT2D eigenvalue weighted by molar-refractivity contribution is 7.09. The molecule has 0 saturated heterocycles. The summed E-state index contributed by atoms with van der Waals surface area (Å²) in [4.78, 5) is 4.88. The van der Waals surface area contributed by atoms with Crippen LogP contribution in [0.5, 0.6) is 0 Å². The van der Waals surface area contributed by atoms with Crippen LogP contribution in [0.1, 0.15) is 57.2 Å². The standard InChI is InChI=1S/C15H26N2OS/c1-11(2)12-10-19-13(17-12)15(4,14(3)6-7-14)16-8-9-18-5/h10-11,16H,6-9H2,1-5H3. The number of aromatic nitrogens is 1. The molecule has 1 aromatic rings. The molecule has 0 aliphatic heterocycles. The lowest BCUT2D eigenvalue weighted by Crippen LogP contribution is -2.47. The van der Waals surface area contributed by atoms with Crippen LogP contribution in [0.15, 0.2) is 5.38 Å². The molecule has 0 bridgehead atoms. The van der Waals surface area contributed by atoms with E-state index < -0.39 is 0 Å². The monoisotopic (exact) mass is 282 g/mol. The second-order valence-electron chi connectivity index (χ2n) is 6.34. The van der Waals surface area contributed by atoms with E-state index >= 15 is 0 Å². The lowest BCUT2D eigenvalue weighted by molar-refractivity contribution is 0.162. The van der Waals surface area contributed by atoms with Crippen LogP contribution >= 0.6 is 11.3 Å². The van der Waals surface area contributed by atoms with Gasteiger partial charge >= 0.3 is 0 Å². The Morgan fingerprint density at radius 1 is 1.53 bits per heavy atom. The average molecular weight is 282 g/mol. The zero-order valence-electron chi connectivity index (χ0n) is 12.7. The van der Waals surface area contributed by atoms with Crippen molar-refractivity contribution in [3.8, 4) is 0 Å². The molecule has 0 amide bonds. The van der Waals surface area contributed by atoms with Gasteiger partial charge < -0.3 is 10.1 Å². The van der Waals surface area contributed by atoms with Gasteiger partial charge in [-0.15, -0.1) is 11.3 Å². The Kier molecular flexibility index (Phi) is 4.33. The minimum atomic E-state index is -0.0245. The van der Waals surface area contributed by atoms with E-state index in [9.17, 15) is 0 Å². The predicted molar refractivity (Wildman–Crippen MR) is 80.8 cm³/mol. The van der Waals surface area contributed by atoms with Crippen molar-refractivity contribution < 1.29 is 4.74 Å². The van der Waals surface area contributed by atoms with E-state index in [-0.39, 0.29) is 5.54 Å². The SMILES string of the molecule is COCCNC(C)(c1nc(C(C)C)cs1)C1(C)CC1. The van der Waals surface area contributed by atoms with Crippen LogP contribution in [0.4, 0.5) is 0 Å². The number of nitrogens with one attached hydrogen (secondary N) is 1. The van der Waals surface area contributed by atoms with Crippen molar-refractivity contribution in [1.29, 1.82) is 0 Å². The summed E-state index contributed by atoms with van der Waals surface area (Å²) in [6, 6.07) is 0. The summed E-state index contributed by atoms with van der Waals surface area (Å²) in [5.74, 6) is 0.500. The van der Waals surface area contributed by atoms with E-state index in [1.54, 1.807) is 18.4 Å². The second-order valence-corrected chi connectivity index (χ2v) is 7.20. The lowest BCUT2D eigenvalue weighted by Gasteiger charge is -2.35. The van der Waals surface area contributed by atoms with E-state index in [0.717, 1.165) is 13.2 Å². The Morgan fingerprint density at radius 2 is 2.21 bits per heavy atom. The molecule has 1 aliphatic rings. The molecular formula is C15H26N2OS. The van der Waals surface area contributed by atoms with E-state index in [2.05, 4.69) is 38.4 Å². The summed E-state index contributed by atoms with van der Waals surface area (Å²) in [6.45, 7) is 10.7. The molecule has 1 unspecified atom stereocenters. The van der Waals surface area contributed by atoms with Gasteiger partial charge in [0.2, 0.25) is 0 Å². The second kappa shape index (κ2) is 5.51. The first-order valence-electron chi connectivity index (χ1n) is 7.13. The van der Waals surface area contributed by atoms with Gasteiger partial charge in [-0.2, -0.15) is 0 Å². The zero-order valence-corrected chi connectivity index (χ0v) is 13.6. The molecule has 19 heavy (non-hydrogen) atoms. The number of nitrogens with zero attached hydrogens (tertiary/aromatic N) is 1. The van der Waals surface area contributed by atoms with Crippen LogP contribution in [-0.2, 0) is 10.3 Å². The zero-order chi connectivity index (χ0) is 14.1. The molecular weight excluding hydrogens is 256 g/mol. The maximum Gasteiger partial charge on any atom is 0.113 e. The van der Waals surface area contributed by atoms with Crippen LogP contribution in [-0.4, -0.2) is 25.2 Å². The van der Waals surface area contributed by atoms with Gasteiger partial charge in [0.15, 0.2) is 0 Å². The lowest BCUT2D eigenvalue weighted by atomic mass is 9.84. The summed E-state index contributed by atoms with van der Waals surface area (Å²) in [6.07, 6.45) is 2.56. The molecule has 2 rings (SSSR count). The smallest absolute Gasteiger partial charge is 0.113 e. The normalized spacial score (nSPS) is 20.5. The fourth-order valence-electron chi connectivity index (χ4n) is 2.42. The Labute approximate surface area is 120 Å². The van der Waals surface area contributed by atoms with Crippen molar-refractivity contribution >= 4 is 11.3 Å². The molecule has 0 spiro atoms. The van der Waals surface area contributed by atoms with Crippen molar-refractivity contribution in [3.05, 3.63) is 16.1 Å². The van der Waals surface area contributed by atoms with Crippen molar-refractivity contribution in [3.63, 3.8) is 0 Å². The first-order chi connectivity index (χ1) is 8.93. The van der Waals surface area contributed by atoms with Gasteiger partial charge in [0.1, 0.15) is 5.01 Å². The Bertz CT molecular complexity index is 426. The molecule has 108 valence electrons.